The van der Waals surface area contributed by atoms with Crippen molar-refractivity contribution in [2.24, 2.45) is 5.73 Å². The van der Waals surface area contributed by atoms with Gasteiger partial charge in [-0.1, -0.05) is 11.6 Å². The zero-order valence-corrected chi connectivity index (χ0v) is 19.4. The zero-order chi connectivity index (χ0) is 21.8. The fourth-order valence-corrected chi connectivity index (χ4v) is 2.92. The van der Waals surface area contributed by atoms with Gasteiger partial charge in [0.25, 0.3) is 0 Å². The van der Waals surface area contributed by atoms with E-state index in [1.165, 1.54) is 25.3 Å². The fourth-order valence-electron chi connectivity index (χ4n) is 2.76. The van der Waals surface area contributed by atoms with E-state index < -0.39 is 42.0 Å². The van der Waals surface area contributed by atoms with Crippen molar-refractivity contribution in [2.75, 3.05) is 20.3 Å². The molecular weight excluding hydrogens is 437 g/mol. The molecule has 0 aromatic heterocycles. The minimum atomic E-state index is -0.834. The average Bonchev–Trinajstić information content (AvgIpc) is 2.83. The van der Waals surface area contributed by atoms with E-state index in [0.29, 0.717) is 6.42 Å². The molecule has 7 nitrogen and oxygen atoms in total. The van der Waals surface area contributed by atoms with Gasteiger partial charge in [-0.2, -0.15) is 0 Å². The zero-order valence-electron chi connectivity index (χ0n) is 17.9. The van der Waals surface area contributed by atoms with Crippen LogP contribution < -0.4 is 15.8 Å². The quantitative estimate of drug-likeness (QED) is 0.543. The Morgan fingerprint density at radius 1 is 1.30 bits per heavy atom. The predicted molar refractivity (Wildman–Crippen MR) is 117 cm³/mol. The summed E-state index contributed by atoms with van der Waals surface area (Å²) in [5, 5.41) is 3.12. The number of hydrogen-bond donors (Lipinski definition) is 2. The molecule has 1 saturated heterocycles. The number of hydrogen-bond acceptors (Lipinski definition) is 6. The minimum Gasteiger partial charge on any atom is -0.490 e. The number of carbonyl (C=O) groups is 1. The maximum atomic E-state index is 13.9. The molecule has 0 radical (unpaired) electrons. The van der Waals surface area contributed by atoms with Crippen LogP contribution in [0.3, 0.4) is 0 Å². The summed E-state index contributed by atoms with van der Waals surface area (Å²) >= 11 is 5.76. The summed E-state index contributed by atoms with van der Waals surface area (Å²) in [4.78, 5) is 12.4. The first-order chi connectivity index (χ1) is 13.5. The minimum absolute atomic E-state index is 0. The molecule has 11 heteroatoms. The summed E-state index contributed by atoms with van der Waals surface area (Å²) in [6.07, 6.45) is 0.310. The maximum absolute atomic E-state index is 13.9. The number of halogens is 3. The Kier molecular flexibility index (Phi) is 9.85. The number of methoxy groups -OCH3 is 1. The van der Waals surface area contributed by atoms with Crippen molar-refractivity contribution < 1.29 is 28.0 Å². The number of carbonyl (C=O) groups excluding carboxylic acids is 1. The van der Waals surface area contributed by atoms with Gasteiger partial charge in [0.2, 0.25) is 5.91 Å². The molecule has 1 aromatic carbocycles. The highest BCUT2D eigenvalue weighted by Gasteiger charge is 2.54. The third kappa shape index (κ3) is 6.70. The topological polar surface area (TPSA) is 92.0 Å². The molecule has 1 fully saturated rings. The maximum Gasteiger partial charge on any atom is 0.481 e. The van der Waals surface area contributed by atoms with E-state index in [4.69, 9.17) is 36.1 Å². The average molecular weight is 467 g/mol. The number of nitrogens with two attached hydrogens (primary N) is 1. The molecule has 1 aliphatic heterocycles. The van der Waals surface area contributed by atoms with Crippen molar-refractivity contribution in [1.29, 1.82) is 0 Å². The highest BCUT2D eigenvalue weighted by atomic mass is 35.5. The van der Waals surface area contributed by atoms with Crippen molar-refractivity contribution in [3.8, 4) is 5.75 Å². The van der Waals surface area contributed by atoms with E-state index >= 15 is 0 Å². The van der Waals surface area contributed by atoms with Crippen LogP contribution in [-0.4, -0.2) is 56.5 Å². The predicted octanol–water partition coefficient (Wildman–Crippen LogP) is 2.76. The van der Waals surface area contributed by atoms with Crippen LogP contribution in [0.4, 0.5) is 4.39 Å². The fraction of sp³-hybridized carbons (Fsp3) is 0.632. The van der Waals surface area contributed by atoms with Crippen LogP contribution in [0.2, 0.25) is 5.02 Å². The first-order valence-electron chi connectivity index (χ1n) is 9.45. The van der Waals surface area contributed by atoms with Crippen molar-refractivity contribution in [1.82, 2.24) is 5.32 Å². The summed E-state index contributed by atoms with van der Waals surface area (Å²) < 4.78 is 36.5. The van der Waals surface area contributed by atoms with Gasteiger partial charge in [0, 0.05) is 18.6 Å². The molecule has 0 saturated carbocycles. The normalized spacial score (nSPS) is 19.0. The Balaban J connectivity index is 0.00000450. The third-order valence-corrected chi connectivity index (χ3v) is 5.43. The Labute approximate surface area is 188 Å². The number of ether oxygens (including phenoxy) is 2. The first-order valence-corrected chi connectivity index (χ1v) is 9.83. The lowest BCUT2D eigenvalue weighted by molar-refractivity contribution is -0.123. The van der Waals surface area contributed by atoms with Gasteiger partial charge in [-0.25, -0.2) is 4.39 Å². The van der Waals surface area contributed by atoms with Gasteiger partial charge in [-0.3, -0.25) is 4.79 Å². The van der Waals surface area contributed by atoms with Crippen LogP contribution in [0.25, 0.3) is 0 Å². The molecule has 0 bridgehead atoms. The lowest BCUT2D eigenvalue weighted by atomic mass is 9.76. The van der Waals surface area contributed by atoms with Gasteiger partial charge >= 0.3 is 7.12 Å². The molecule has 1 amide bonds. The Morgan fingerprint density at radius 2 is 1.90 bits per heavy atom. The van der Waals surface area contributed by atoms with Gasteiger partial charge in [-0.15, -0.1) is 12.4 Å². The third-order valence-electron chi connectivity index (χ3n) is 5.19. The molecule has 0 spiro atoms. The smallest absolute Gasteiger partial charge is 0.481 e. The van der Waals surface area contributed by atoms with Gasteiger partial charge in [-0.05, 0) is 45.9 Å². The van der Waals surface area contributed by atoms with E-state index in [1.54, 1.807) is 0 Å². The summed E-state index contributed by atoms with van der Waals surface area (Å²) in [6.45, 7) is 7.87. The summed E-state index contributed by atoms with van der Waals surface area (Å²) in [7, 11) is 0.755. The van der Waals surface area contributed by atoms with Gasteiger partial charge in [0.1, 0.15) is 6.04 Å². The Bertz CT molecular complexity index is 710. The van der Waals surface area contributed by atoms with E-state index in [-0.39, 0.29) is 36.4 Å². The van der Waals surface area contributed by atoms with Crippen LogP contribution in [0.5, 0.6) is 5.75 Å². The van der Waals surface area contributed by atoms with Crippen LogP contribution in [-0.2, 0) is 18.8 Å². The number of nitrogens with one attached hydrogen (secondary N) is 1. The second-order valence-electron chi connectivity index (χ2n) is 8.01. The van der Waals surface area contributed by atoms with Crippen LogP contribution in [0.1, 0.15) is 34.1 Å². The highest BCUT2D eigenvalue weighted by molar-refractivity contribution is 6.48. The van der Waals surface area contributed by atoms with Crippen LogP contribution in [0.15, 0.2) is 18.2 Å². The van der Waals surface area contributed by atoms with Crippen LogP contribution in [0, 0.1) is 5.82 Å². The van der Waals surface area contributed by atoms with E-state index in [0.717, 1.165) is 0 Å². The molecule has 170 valence electrons. The summed E-state index contributed by atoms with van der Waals surface area (Å²) in [5.74, 6) is -1.44. The lowest BCUT2D eigenvalue weighted by Crippen LogP contribution is -2.54. The van der Waals surface area contributed by atoms with Gasteiger partial charge in [0.15, 0.2) is 11.6 Å². The van der Waals surface area contributed by atoms with Gasteiger partial charge < -0.3 is 29.8 Å². The molecule has 2 rings (SSSR count). The van der Waals surface area contributed by atoms with E-state index in [9.17, 15) is 9.18 Å². The SMILES string of the molecule is COCC(N)C(=O)N[C@H](CCOc1ccc(Cl)cc1F)B1OC(C)(C)C(C)(C)O1.Cl. The highest BCUT2D eigenvalue weighted by Crippen LogP contribution is 2.37. The van der Waals surface area contributed by atoms with Crippen molar-refractivity contribution >= 4 is 37.0 Å². The molecular formula is C19H30BCl2FN2O5. The Hall–Kier alpha value is -1.10. The Morgan fingerprint density at radius 3 is 2.43 bits per heavy atom. The molecule has 1 unspecified atom stereocenters. The molecule has 1 aromatic rings. The molecule has 30 heavy (non-hydrogen) atoms. The van der Waals surface area contributed by atoms with Crippen molar-refractivity contribution in [3.63, 3.8) is 0 Å². The summed E-state index contributed by atoms with van der Waals surface area (Å²) in [6, 6.07) is 3.33. The second kappa shape index (κ2) is 11.0. The molecule has 2 atom stereocenters. The monoisotopic (exact) mass is 466 g/mol. The second-order valence-corrected chi connectivity index (χ2v) is 8.45. The number of rotatable bonds is 9. The first kappa shape index (κ1) is 26.9. The number of benzene rings is 1. The molecule has 1 heterocycles. The van der Waals surface area contributed by atoms with Crippen molar-refractivity contribution in [3.05, 3.63) is 29.0 Å². The standard InChI is InChI=1S/C19H29BClFN2O5.ClH/c1-18(2)19(3,4)29-20(28-18)16(24-17(25)14(23)11-26-5)8-9-27-15-7-6-12(21)10-13(15)22;/h6-7,10,14,16H,8-9,11,23H2,1-5H3,(H,24,25);1H/t14?,16-;/m1./s1. The molecule has 0 aliphatic carbocycles. The van der Waals surface area contributed by atoms with Crippen LogP contribution >= 0.6 is 24.0 Å². The molecule has 3 N–H and O–H groups in total. The van der Waals surface area contributed by atoms with E-state index in [2.05, 4.69) is 5.32 Å². The largest absolute Gasteiger partial charge is 0.490 e. The molecule has 1 aliphatic rings. The summed E-state index contributed by atoms with van der Waals surface area (Å²) in [5.41, 5.74) is 4.68. The lowest BCUT2D eigenvalue weighted by Gasteiger charge is -2.32. The van der Waals surface area contributed by atoms with E-state index in [1.807, 2.05) is 27.7 Å². The number of amides is 1. The van der Waals surface area contributed by atoms with Crippen molar-refractivity contribution in [2.45, 2.75) is 57.3 Å². The van der Waals surface area contributed by atoms with Gasteiger partial charge in [0.05, 0.1) is 30.4 Å².